The Hall–Kier alpha value is -1.89. The van der Waals surface area contributed by atoms with Crippen LogP contribution in [0, 0.1) is 0 Å². The molecule has 1 rings (SSSR count). The minimum Gasteiger partial charge on any atom is -0.374 e. The Labute approximate surface area is 125 Å². The van der Waals surface area contributed by atoms with Crippen LogP contribution in [0.15, 0.2) is 6.07 Å². The maximum atomic E-state index is 11.3. The van der Waals surface area contributed by atoms with Crippen molar-refractivity contribution in [3.8, 4) is 0 Å². The van der Waals surface area contributed by atoms with E-state index >= 15 is 0 Å². The van der Waals surface area contributed by atoms with E-state index in [-0.39, 0.29) is 12.6 Å². The zero-order valence-corrected chi connectivity index (χ0v) is 13.2. The molecule has 21 heavy (non-hydrogen) atoms. The van der Waals surface area contributed by atoms with E-state index in [4.69, 9.17) is 10.5 Å². The Kier molecular flexibility index (Phi) is 6.87. The molecule has 1 heterocycles. The quantitative estimate of drug-likeness (QED) is 0.709. The van der Waals surface area contributed by atoms with Crippen molar-refractivity contribution in [3.63, 3.8) is 0 Å². The third-order valence-corrected chi connectivity index (χ3v) is 2.80. The predicted molar refractivity (Wildman–Crippen MR) is 83.2 cm³/mol. The summed E-state index contributed by atoms with van der Waals surface area (Å²) in [6, 6.07) is 1.92. The molecule has 0 saturated heterocycles. The van der Waals surface area contributed by atoms with Crippen molar-refractivity contribution in [1.29, 1.82) is 0 Å². The van der Waals surface area contributed by atoms with Crippen LogP contribution in [-0.4, -0.2) is 41.6 Å². The number of nitrogens with zero attached hydrogens (tertiary/aromatic N) is 3. The molecule has 1 amide bonds. The number of ether oxygens (including phenoxy) is 1. The minimum absolute atomic E-state index is 0.0989. The smallest absolute Gasteiger partial charge is 0.237 e. The largest absolute Gasteiger partial charge is 0.374 e. The lowest BCUT2D eigenvalue weighted by atomic mass is 10.3. The van der Waals surface area contributed by atoms with Gasteiger partial charge in [0.2, 0.25) is 5.91 Å². The van der Waals surface area contributed by atoms with Gasteiger partial charge in [-0.05, 0) is 27.7 Å². The Morgan fingerprint density at radius 1 is 1.43 bits per heavy atom. The third kappa shape index (κ3) is 5.55. The fourth-order valence-electron chi connectivity index (χ4n) is 1.86. The molecule has 0 fully saturated rings. The molecule has 0 atom stereocenters. The first-order chi connectivity index (χ1) is 9.97. The number of hydrogen-bond acceptors (Lipinski definition) is 6. The Morgan fingerprint density at radius 2 is 2.14 bits per heavy atom. The average Bonchev–Trinajstić information content (AvgIpc) is 2.42. The SMILES string of the molecule is CCNc1cc(N(CC(N)=O)C(C)C)nc(COCC)n1. The number of carbonyl (C=O) groups is 1. The molecule has 0 unspecified atom stereocenters. The summed E-state index contributed by atoms with van der Waals surface area (Å²) in [7, 11) is 0. The third-order valence-electron chi connectivity index (χ3n) is 2.80. The monoisotopic (exact) mass is 295 g/mol. The number of hydrogen-bond donors (Lipinski definition) is 2. The van der Waals surface area contributed by atoms with E-state index in [2.05, 4.69) is 15.3 Å². The molecule has 0 aromatic carbocycles. The van der Waals surface area contributed by atoms with Crippen LogP contribution >= 0.6 is 0 Å². The Morgan fingerprint density at radius 3 is 2.67 bits per heavy atom. The zero-order chi connectivity index (χ0) is 15.8. The number of amides is 1. The number of anilines is 2. The topological polar surface area (TPSA) is 93.4 Å². The summed E-state index contributed by atoms with van der Waals surface area (Å²) in [4.78, 5) is 22.0. The first-order valence-corrected chi connectivity index (χ1v) is 7.22. The molecule has 0 aliphatic heterocycles. The van der Waals surface area contributed by atoms with Crippen LogP contribution in [0.4, 0.5) is 11.6 Å². The van der Waals surface area contributed by atoms with Gasteiger partial charge in [-0.2, -0.15) is 0 Å². The van der Waals surface area contributed by atoms with Gasteiger partial charge in [-0.15, -0.1) is 0 Å². The van der Waals surface area contributed by atoms with Crippen molar-refractivity contribution in [1.82, 2.24) is 9.97 Å². The van der Waals surface area contributed by atoms with Gasteiger partial charge in [-0.25, -0.2) is 9.97 Å². The van der Waals surface area contributed by atoms with Crippen LogP contribution in [0.5, 0.6) is 0 Å². The molecule has 3 N–H and O–H groups in total. The number of aromatic nitrogens is 2. The zero-order valence-electron chi connectivity index (χ0n) is 13.2. The second kappa shape index (κ2) is 8.41. The summed E-state index contributed by atoms with van der Waals surface area (Å²) in [5.41, 5.74) is 5.32. The van der Waals surface area contributed by atoms with E-state index in [1.54, 1.807) is 0 Å². The van der Waals surface area contributed by atoms with Crippen LogP contribution in [-0.2, 0) is 16.1 Å². The van der Waals surface area contributed by atoms with Gasteiger partial charge < -0.3 is 20.7 Å². The molecular formula is C14H25N5O2. The Bertz CT molecular complexity index is 465. The maximum Gasteiger partial charge on any atom is 0.237 e. The highest BCUT2D eigenvalue weighted by Crippen LogP contribution is 2.18. The molecule has 0 aliphatic carbocycles. The van der Waals surface area contributed by atoms with Gasteiger partial charge in [0.1, 0.15) is 18.2 Å². The van der Waals surface area contributed by atoms with E-state index in [0.29, 0.717) is 30.7 Å². The second-order valence-electron chi connectivity index (χ2n) is 4.88. The minimum atomic E-state index is -0.390. The molecule has 0 spiro atoms. The van der Waals surface area contributed by atoms with E-state index in [1.807, 2.05) is 38.7 Å². The second-order valence-corrected chi connectivity index (χ2v) is 4.88. The summed E-state index contributed by atoms with van der Waals surface area (Å²) < 4.78 is 5.37. The van der Waals surface area contributed by atoms with Gasteiger partial charge >= 0.3 is 0 Å². The van der Waals surface area contributed by atoms with Crippen molar-refractivity contribution in [2.75, 3.05) is 29.9 Å². The highest BCUT2D eigenvalue weighted by atomic mass is 16.5. The molecule has 118 valence electrons. The van der Waals surface area contributed by atoms with E-state index in [9.17, 15) is 4.79 Å². The summed E-state index contributed by atoms with van der Waals surface area (Å²) in [5.74, 6) is 1.58. The van der Waals surface area contributed by atoms with Crippen LogP contribution in [0.2, 0.25) is 0 Å². The van der Waals surface area contributed by atoms with Gasteiger partial charge in [0.25, 0.3) is 0 Å². The van der Waals surface area contributed by atoms with Crippen LogP contribution in [0.25, 0.3) is 0 Å². The molecule has 1 aromatic rings. The summed E-state index contributed by atoms with van der Waals surface area (Å²) >= 11 is 0. The number of rotatable bonds is 9. The lowest BCUT2D eigenvalue weighted by Crippen LogP contribution is -2.39. The molecule has 7 heteroatoms. The van der Waals surface area contributed by atoms with Gasteiger partial charge in [0.15, 0.2) is 5.82 Å². The highest BCUT2D eigenvalue weighted by Gasteiger charge is 2.16. The van der Waals surface area contributed by atoms with Crippen molar-refractivity contribution >= 4 is 17.5 Å². The van der Waals surface area contributed by atoms with Crippen LogP contribution < -0.4 is 16.0 Å². The fourth-order valence-corrected chi connectivity index (χ4v) is 1.86. The van der Waals surface area contributed by atoms with Crippen molar-refractivity contribution in [2.45, 2.75) is 40.3 Å². The molecule has 1 aromatic heterocycles. The first kappa shape index (κ1) is 17.2. The van der Waals surface area contributed by atoms with E-state index in [0.717, 1.165) is 6.54 Å². The van der Waals surface area contributed by atoms with Gasteiger partial charge in [-0.3, -0.25) is 4.79 Å². The van der Waals surface area contributed by atoms with Gasteiger partial charge in [0.05, 0.1) is 6.54 Å². The lowest BCUT2D eigenvalue weighted by molar-refractivity contribution is -0.116. The van der Waals surface area contributed by atoms with Crippen molar-refractivity contribution in [2.24, 2.45) is 5.73 Å². The number of carbonyl (C=O) groups excluding carboxylic acids is 1. The standard InChI is InChI=1S/C14H25N5O2/c1-5-16-12-7-14(18-13(17-12)9-21-6-2)19(10(3)4)8-11(15)20/h7,10H,5-6,8-9H2,1-4H3,(H2,15,20)(H,16,17,18). The van der Waals surface area contributed by atoms with Crippen LogP contribution in [0.1, 0.15) is 33.5 Å². The van der Waals surface area contributed by atoms with Crippen molar-refractivity contribution < 1.29 is 9.53 Å². The van der Waals surface area contributed by atoms with Crippen LogP contribution in [0.3, 0.4) is 0 Å². The Balaban J connectivity index is 3.11. The first-order valence-electron chi connectivity index (χ1n) is 7.22. The lowest BCUT2D eigenvalue weighted by Gasteiger charge is -2.27. The molecule has 7 nitrogen and oxygen atoms in total. The molecule has 0 saturated carbocycles. The fraction of sp³-hybridized carbons (Fsp3) is 0.643. The van der Waals surface area contributed by atoms with Gasteiger partial charge in [-0.1, -0.05) is 0 Å². The normalized spacial score (nSPS) is 10.7. The average molecular weight is 295 g/mol. The maximum absolute atomic E-state index is 11.3. The predicted octanol–water partition coefficient (Wildman–Crippen LogP) is 1.14. The molecule has 0 radical (unpaired) electrons. The summed E-state index contributed by atoms with van der Waals surface area (Å²) in [5, 5.41) is 3.16. The number of primary amides is 1. The van der Waals surface area contributed by atoms with E-state index in [1.165, 1.54) is 0 Å². The highest BCUT2D eigenvalue weighted by molar-refractivity contribution is 5.79. The van der Waals surface area contributed by atoms with Gasteiger partial charge in [0, 0.05) is 25.3 Å². The number of nitrogens with two attached hydrogens (primary N) is 1. The summed E-state index contributed by atoms with van der Waals surface area (Å²) in [6.45, 7) is 9.69. The van der Waals surface area contributed by atoms with Crippen molar-refractivity contribution in [3.05, 3.63) is 11.9 Å². The molecule has 0 aliphatic rings. The molecular weight excluding hydrogens is 270 g/mol. The molecule has 0 bridgehead atoms. The van der Waals surface area contributed by atoms with E-state index < -0.39 is 5.91 Å². The summed E-state index contributed by atoms with van der Waals surface area (Å²) in [6.07, 6.45) is 0. The number of nitrogens with one attached hydrogen (secondary N) is 1.